The number of rotatable bonds is 7. The van der Waals surface area contributed by atoms with Gasteiger partial charge in [-0.15, -0.1) is 0 Å². The van der Waals surface area contributed by atoms with Gasteiger partial charge in [-0.1, -0.05) is 13.8 Å². The molecule has 2 N–H and O–H groups in total. The third-order valence-electron chi connectivity index (χ3n) is 3.35. The van der Waals surface area contributed by atoms with Gasteiger partial charge < -0.3 is 19.8 Å². The van der Waals surface area contributed by atoms with Gasteiger partial charge in [0.25, 0.3) is 0 Å². The highest BCUT2D eigenvalue weighted by Crippen LogP contribution is 2.11. The fourth-order valence-electron chi connectivity index (χ4n) is 2.03. The van der Waals surface area contributed by atoms with E-state index in [0.29, 0.717) is 24.9 Å². The molecule has 0 bridgehead atoms. The fourth-order valence-corrected chi connectivity index (χ4v) is 2.03. The van der Waals surface area contributed by atoms with E-state index in [0.717, 1.165) is 18.1 Å². The van der Waals surface area contributed by atoms with E-state index in [4.69, 9.17) is 9.15 Å². The summed E-state index contributed by atoms with van der Waals surface area (Å²) in [4.78, 5) is 11.7. The number of nitrogens with one attached hydrogen (secondary N) is 2. The summed E-state index contributed by atoms with van der Waals surface area (Å²) in [6.45, 7) is 13.9. The average Bonchev–Trinajstić information content (AvgIpc) is 2.76. The normalized spacial score (nSPS) is 13.2. The van der Waals surface area contributed by atoms with Gasteiger partial charge >= 0.3 is 6.09 Å². The molecule has 126 valence electrons. The number of ether oxygens (including phenoxy) is 1. The van der Waals surface area contributed by atoms with Crippen LogP contribution in [0.2, 0.25) is 0 Å². The van der Waals surface area contributed by atoms with Crippen molar-refractivity contribution in [3.63, 3.8) is 0 Å². The van der Waals surface area contributed by atoms with E-state index < -0.39 is 5.60 Å². The van der Waals surface area contributed by atoms with E-state index >= 15 is 0 Å². The third-order valence-corrected chi connectivity index (χ3v) is 3.35. The zero-order chi connectivity index (χ0) is 16.8. The molecule has 0 aliphatic heterocycles. The summed E-state index contributed by atoms with van der Waals surface area (Å²) < 4.78 is 10.8. The number of carbonyl (C=O) groups is 1. The Morgan fingerprint density at radius 3 is 2.45 bits per heavy atom. The Labute approximate surface area is 133 Å². The first-order valence-electron chi connectivity index (χ1n) is 7.90. The summed E-state index contributed by atoms with van der Waals surface area (Å²) in [5.74, 6) is 2.65. The first-order chi connectivity index (χ1) is 10.2. The first kappa shape index (κ1) is 18.6. The molecule has 1 aromatic rings. The van der Waals surface area contributed by atoms with E-state index in [1.54, 1.807) is 0 Å². The van der Waals surface area contributed by atoms with E-state index in [9.17, 15) is 4.79 Å². The minimum Gasteiger partial charge on any atom is -0.465 e. The zero-order valence-electron chi connectivity index (χ0n) is 14.7. The van der Waals surface area contributed by atoms with Crippen molar-refractivity contribution >= 4 is 6.09 Å². The maximum Gasteiger partial charge on any atom is 0.407 e. The van der Waals surface area contributed by atoms with Crippen LogP contribution in [0.15, 0.2) is 16.5 Å². The number of aryl methyl sites for hydroxylation is 1. The van der Waals surface area contributed by atoms with Gasteiger partial charge in [-0.3, -0.25) is 0 Å². The Hall–Kier alpha value is -1.49. The lowest BCUT2D eigenvalue weighted by molar-refractivity contribution is 0.0514. The Morgan fingerprint density at radius 2 is 1.95 bits per heavy atom. The summed E-state index contributed by atoms with van der Waals surface area (Å²) in [5, 5.41) is 6.23. The third kappa shape index (κ3) is 7.50. The van der Waals surface area contributed by atoms with Gasteiger partial charge in [0.1, 0.15) is 17.1 Å². The predicted molar refractivity (Wildman–Crippen MR) is 87.7 cm³/mol. The Kier molecular flexibility index (Phi) is 6.94. The smallest absolute Gasteiger partial charge is 0.407 e. The van der Waals surface area contributed by atoms with Crippen LogP contribution in [0.4, 0.5) is 4.79 Å². The quantitative estimate of drug-likeness (QED) is 0.809. The van der Waals surface area contributed by atoms with Gasteiger partial charge in [0.05, 0.1) is 6.54 Å². The van der Waals surface area contributed by atoms with Crippen molar-refractivity contribution in [3.05, 3.63) is 23.7 Å². The molecule has 1 unspecified atom stereocenters. The van der Waals surface area contributed by atoms with Crippen LogP contribution >= 0.6 is 0 Å². The highest BCUT2D eigenvalue weighted by Gasteiger charge is 2.19. The Balaban J connectivity index is 2.34. The summed E-state index contributed by atoms with van der Waals surface area (Å²) in [5.41, 5.74) is -0.465. The molecule has 1 rings (SSSR count). The first-order valence-corrected chi connectivity index (χ1v) is 7.90. The molecule has 22 heavy (non-hydrogen) atoms. The minimum absolute atomic E-state index is 0.337. The van der Waals surface area contributed by atoms with Crippen molar-refractivity contribution < 1.29 is 13.9 Å². The molecule has 0 radical (unpaired) electrons. The van der Waals surface area contributed by atoms with Crippen LogP contribution in [0.5, 0.6) is 0 Å². The van der Waals surface area contributed by atoms with Crippen LogP contribution in [0.1, 0.15) is 46.1 Å². The van der Waals surface area contributed by atoms with E-state index in [-0.39, 0.29) is 6.09 Å². The molecule has 0 spiro atoms. The number of hydrogen-bond donors (Lipinski definition) is 2. The molecule has 0 aliphatic carbocycles. The van der Waals surface area contributed by atoms with Crippen LogP contribution < -0.4 is 10.6 Å². The number of amides is 1. The second-order valence-corrected chi connectivity index (χ2v) is 7.03. The number of carbonyl (C=O) groups excluding carboxylic acids is 1. The van der Waals surface area contributed by atoms with E-state index in [2.05, 4.69) is 24.5 Å². The van der Waals surface area contributed by atoms with Crippen molar-refractivity contribution in [2.75, 3.05) is 13.1 Å². The summed E-state index contributed by atoms with van der Waals surface area (Å²) >= 11 is 0. The molecule has 5 heteroatoms. The van der Waals surface area contributed by atoms with Gasteiger partial charge in [0.2, 0.25) is 0 Å². The Morgan fingerprint density at radius 1 is 1.27 bits per heavy atom. The molecule has 1 amide bonds. The largest absolute Gasteiger partial charge is 0.465 e. The minimum atomic E-state index is -0.465. The number of alkyl carbamates (subject to hydrolysis) is 1. The lowest BCUT2D eigenvalue weighted by Crippen LogP contribution is -2.39. The molecule has 0 aliphatic rings. The molecule has 1 atom stereocenters. The van der Waals surface area contributed by atoms with E-state index in [1.807, 2.05) is 39.8 Å². The Bertz CT molecular complexity index is 461. The van der Waals surface area contributed by atoms with Gasteiger partial charge in [0.15, 0.2) is 0 Å². The lowest BCUT2D eigenvalue weighted by atomic mass is 9.96. The summed E-state index contributed by atoms with van der Waals surface area (Å²) in [6, 6.07) is 3.94. The molecule has 5 nitrogen and oxygen atoms in total. The standard InChI is InChI=1S/C17H30N2O3/c1-12(2)14(10-19-16(20)22-17(4,5)6)9-18-11-15-8-7-13(3)21-15/h7-8,12,14,18H,9-11H2,1-6H3,(H,19,20). The second kappa shape index (κ2) is 8.22. The maximum atomic E-state index is 11.7. The highest BCUT2D eigenvalue weighted by molar-refractivity contribution is 5.67. The average molecular weight is 310 g/mol. The van der Waals surface area contributed by atoms with Crippen molar-refractivity contribution in [1.82, 2.24) is 10.6 Å². The topological polar surface area (TPSA) is 63.5 Å². The van der Waals surface area contributed by atoms with E-state index in [1.165, 1.54) is 0 Å². The molecular formula is C17H30N2O3. The molecule has 0 aromatic carbocycles. The second-order valence-electron chi connectivity index (χ2n) is 7.03. The van der Waals surface area contributed by atoms with Gasteiger partial charge in [0, 0.05) is 13.1 Å². The summed E-state index contributed by atoms with van der Waals surface area (Å²) in [6.07, 6.45) is -0.361. The zero-order valence-corrected chi connectivity index (χ0v) is 14.7. The fraction of sp³-hybridized carbons (Fsp3) is 0.706. The summed E-state index contributed by atoms with van der Waals surface area (Å²) in [7, 11) is 0. The van der Waals surface area contributed by atoms with Gasteiger partial charge in [-0.05, 0) is 51.7 Å². The molecule has 1 aromatic heterocycles. The molecular weight excluding hydrogens is 280 g/mol. The highest BCUT2D eigenvalue weighted by atomic mass is 16.6. The predicted octanol–water partition coefficient (Wildman–Crippen LogP) is 3.47. The van der Waals surface area contributed by atoms with Crippen LogP contribution in [0, 0.1) is 18.8 Å². The van der Waals surface area contributed by atoms with Crippen molar-refractivity contribution in [3.8, 4) is 0 Å². The molecule has 0 saturated carbocycles. The van der Waals surface area contributed by atoms with Gasteiger partial charge in [-0.25, -0.2) is 4.79 Å². The van der Waals surface area contributed by atoms with Crippen molar-refractivity contribution in [1.29, 1.82) is 0 Å². The molecule has 0 saturated heterocycles. The van der Waals surface area contributed by atoms with Crippen LogP contribution in [-0.2, 0) is 11.3 Å². The SMILES string of the molecule is Cc1ccc(CNCC(CNC(=O)OC(C)(C)C)C(C)C)o1. The molecule has 1 heterocycles. The van der Waals surface area contributed by atoms with Gasteiger partial charge in [-0.2, -0.15) is 0 Å². The van der Waals surface area contributed by atoms with Crippen LogP contribution in [0.25, 0.3) is 0 Å². The monoisotopic (exact) mass is 310 g/mol. The molecule has 0 fully saturated rings. The maximum absolute atomic E-state index is 11.7. The number of hydrogen-bond acceptors (Lipinski definition) is 4. The van der Waals surface area contributed by atoms with Crippen molar-refractivity contribution in [2.24, 2.45) is 11.8 Å². The number of furan rings is 1. The van der Waals surface area contributed by atoms with Crippen molar-refractivity contribution in [2.45, 2.75) is 53.7 Å². The lowest BCUT2D eigenvalue weighted by Gasteiger charge is -2.24. The van der Waals surface area contributed by atoms with Crippen LogP contribution in [0.3, 0.4) is 0 Å². The van der Waals surface area contributed by atoms with Crippen LogP contribution in [-0.4, -0.2) is 24.8 Å².